The number of alkyl halides is 3. The minimum Gasteiger partial charge on any atom is -0.349 e. The average Bonchev–Trinajstić information content (AvgIpc) is 3.02. The maximum absolute atomic E-state index is 13.6. The molecule has 1 aliphatic heterocycles. The Balaban J connectivity index is 1.91. The molecule has 1 aromatic carbocycles. The molecule has 0 saturated carbocycles. The van der Waals surface area contributed by atoms with Gasteiger partial charge in [0.25, 0.3) is 5.91 Å². The highest BCUT2D eigenvalue weighted by molar-refractivity contribution is 6.30. The van der Waals surface area contributed by atoms with Crippen LogP contribution in [-0.2, 0) is 6.18 Å². The molecule has 1 aromatic heterocycles. The number of halogens is 4. The van der Waals surface area contributed by atoms with E-state index in [1.807, 2.05) is 7.05 Å². The normalized spacial score (nSPS) is 16.7. The van der Waals surface area contributed by atoms with Crippen LogP contribution < -0.4 is 5.32 Å². The van der Waals surface area contributed by atoms with Gasteiger partial charge in [-0.3, -0.25) is 4.79 Å². The molecular weight excluding hydrogens is 369 g/mol. The summed E-state index contributed by atoms with van der Waals surface area (Å²) in [6, 6.07) is 5.75. The predicted molar refractivity (Wildman–Crippen MR) is 91.6 cm³/mol. The zero-order chi connectivity index (χ0) is 18.9. The molecule has 0 bridgehead atoms. The number of likely N-dealkylation sites (tertiary alicyclic amines) is 1. The summed E-state index contributed by atoms with van der Waals surface area (Å²) in [6.07, 6.45) is -2.38. The van der Waals surface area contributed by atoms with Gasteiger partial charge in [-0.05, 0) is 51.2 Å². The summed E-state index contributed by atoms with van der Waals surface area (Å²) in [4.78, 5) is 14.6. The molecule has 9 heteroatoms. The number of benzene rings is 1. The third-order valence-corrected chi connectivity index (χ3v) is 4.62. The van der Waals surface area contributed by atoms with E-state index in [1.54, 1.807) is 6.07 Å². The number of amides is 1. The van der Waals surface area contributed by atoms with Gasteiger partial charge in [0.2, 0.25) is 0 Å². The molecule has 1 fully saturated rings. The summed E-state index contributed by atoms with van der Waals surface area (Å²) in [5.41, 5.74) is -1.45. The first-order valence-corrected chi connectivity index (χ1v) is 8.54. The summed E-state index contributed by atoms with van der Waals surface area (Å²) in [6.45, 7) is 1.58. The van der Waals surface area contributed by atoms with Crippen molar-refractivity contribution in [1.82, 2.24) is 20.0 Å². The maximum Gasteiger partial charge on any atom is 0.434 e. The summed E-state index contributed by atoms with van der Waals surface area (Å²) < 4.78 is 41.6. The second-order valence-electron chi connectivity index (χ2n) is 6.35. The Morgan fingerprint density at radius 1 is 1.31 bits per heavy atom. The number of nitrogens with one attached hydrogen (secondary N) is 1. The summed E-state index contributed by atoms with van der Waals surface area (Å²) >= 11 is 5.87. The predicted octanol–water partition coefficient (Wildman–Crippen LogP) is 3.37. The first kappa shape index (κ1) is 18.7. The van der Waals surface area contributed by atoms with Crippen LogP contribution in [0.15, 0.2) is 30.5 Å². The lowest BCUT2D eigenvalue weighted by atomic mass is 10.0. The van der Waals surface area contributed by atoms with Gasteiger partial charge in [-0.25, -0.2) is 4.68 Å². The third kappa shape index (κ3) is 4.02. The Hall–Kier alpha value is -2.06. The van der Waals surface area contributed by atoms with E-state index in [0.717, 1.165) is 19.3 Å². The fraction of sp³-hybridized carbons (Fsp3) is 0.412. The quantitative estimate of drug-likeness (QED) is 0.880. The molecule has 0 radical (unpaired) electrons. The van der Waals surface area contributed by atoms with Gasteiger partial charge in [0.05, 0.1) is 17.4 Å². The molecule has 0 atom stereocenters. The van der Waals surface area contributed by atoms with Gasteiger partial charge in [-0.1, -0.05) is 17.7 Å². The molecule has 2 heterocycles. The zero-order valence-electron chi connectivity index (χ0n) is 14.1. The molecule has 0 aliphatic carbocycles. The van der Waals surface area contributed by atoms with Gasteiger partial charge in [-0.15, -0.1) is 0 Å². The molecule has 26 heavy (non-hydrogen) atoms. The molecule has 140 valence electrons. The lowest BCUT2D eigenvalue weighted by molar-refractivity contribution is -0.143. The van der Waals surface area contributed by atoms with Crippen molar-refractivity contribution in [3.05, 3.63) is 46.7 Å². The Labute approximate surface area is 153 Å². The largest absolute Gasteiger partial charge is 0.434 e. The highest BCUT2D eigenvalue weighted by atomic mass is 35.5. The van der Waals surface area contributed by atoms with Crippen LogP contribution in [0.5, 0.6) is 0 Å². The number of piperidine rings is 1. The van der Waals surface area contributed by atoms with Crippen molar-refractivity contribution in [2.24, 2.45) is 0 Å². The van der Waals surface area contributed by atoms with Crippen molar-refractivity contribution in [3.63, 3.8) is 0 Å². The maximum atomic E-state index is 13.6. The van der Waals surface area contributed by atoms with Crippen LogP contribution in [0.4, 0.5) is 13.2 Å². The van der Waals surface area contributed by atoms with Crippen molar-refractivity contribution in [2.75, 3.05) is 20.1 Å². The monoisotopic (exact) mass is 386 g/mol. The molecule has 5 nitrogen and oxygen atoms in total. The number of carbonyl (C=O) groups is 1. The number of hydrogen-bond donors (Lipinski definition) is 1. The van der Waals surface area contributed by atoms with Crippen molar-refractivity contribution in [2.45, 2.75) is 25.1 Å². The van der Waals surface area contributed by atoms with Crippen molar-refractivity contribution < 1.29 is 18.0 Å². The Morgan fingerprint density at radius 2 is 2.00 bits per heavy atom. The first-order valence-electron chi connectivity index (χ1n) is 8.16. The Morgan fingerprint density at radius 3 is 2.62 bits per heavy atom. The molecule has 0 spiro atoms. The molecule has 0 unspecified atom stereocenters. The van der Waals surface area contributed by atoms with Crippen LogP contribution in [0.2, 0.25) is 5.02 Å². The first-order chi connectivity index (χ1) is 12.3. The molecular formula is C17H18ClF3N4O. The Bertz CT molecular complexity index is 798. The second kappa shape index (κ2) is 7.28. The third-order valence-electron chi connectivity index (χ3n) is 4.39. The second-order valence-corrected chi connectivity index (χ2v) is 6.78. The Kier molecular flexibility index (Phi) is 5.24. The topological polar surface area (TPSA) is 50.2 Å². The molecule has 1 N–H and O–H groups in total. The lowest BCUT2D eigenvalue weighted by Gasteiger charge is -2.29. The van der Waals surface area contributed by atoms with Gasteiger partial charge < -0.3 is 10.2 Å². The number of nitrogens with zero attached hydrogens (tertiary/aromatic N) is 3. The highest BCUT2D eigenvalue weighted by Crippen LogP contribution is 2.34. The zero-order valence-corrected chi connectivity index (χ0v) is 14.8. The smallest absolute Gasteiger partial charge is 0.349 e. The fourth-order valence-corrected chi connectivity index (χ4v) is 3.19. The van der Waals surface area contributed by atoms with Gasteiger partial charge >= 0.3 is 6.18 Å². The van der Waals surface area contributed by atoms with E-state index in [4.69, 9.17) is 11.6 Å². The van der Waals surface area contributed by atoms with E-state index >= 15 is 0 Å². The van der Waals surface area contributed by atoms with E-state index in [0.29, 0.717) is 17.5 Å². The van der Waals surface area contributed by atoms with Crippen molar-refractivity contribution >= 4 is 17.5 Å². The van der Waals surface area contributed by atoms with Gasteiger partial charge in [0, 0.05) is 11.1 Å². The van der Waals surface area contributed by atoms with E-state index in [2.05, 4.69) is 15.3 Å². The van der Waals surface area contributed by atoms with Crippen molar-refractivity contribution in [1.29, 1.82) is 0 Å². The molecule has 2 aromatic rings. The highest BCUT2D eigenvalue weighted by Gasteiger charge is 2.41. The molecule has 1 aliphatic rings. The lowest BCUT2D eigenvalue weighted by Crippen LogP contribution is -2.43. The number of hydrogen-bond acceptors (Lipinski definition) is 3. The van der Waals surface area contributed by atoms with Crippen LogP contribution >= 0.6 is 11.6 Å². The van der Waals surface area contributed by atoms with E-state index in [9.17, 15) is 18.0 Å². The minimum atomic E-state index is -4.74. The van der Waals surface area contributed by atoms with Crippen LogP contribution in [0.1, 0.15) is 28.9 Å². The molecule has 1 saturated heterocycles. The number of rotatable bonds is 3. The number of carbonyl (C=O) groups excluding carboxylic acids is 1. The van der Waals surface area contributed by atoms with Gasteiger partial charge in [-0.2, -0.15) is 18.3 Å². The van der Waals surface area contributed by atoms with E-state index < -0.39 is 23.3 Å². The van der Waals surface area contributed by atoms with Crippen LogP contribution in [0.25, 0.3) is 5.69 Å². The summed E-state index contributed by atoms with van der Waals surface area (Å²) in [7, 11) is 1.97. The minimum absolute atomic E-state index is 0.142. The molecule has 1 amide bonds. The van der Waals surface area contributed by atoms with Crippen LogP contribution in [0, 0.1) is 0 Å². The van der Waals surface area contributed by atoms with Gasteiger partial charge in [0.15, 0.2) is 5.69 Å². The van der Waals surface area contributed by atoms with Gasteiger partial charge in [0.1, 0.15) is 0 Å². The van der Waals surface area contributed by atoms with E-state index in [1.165, 1.54) is 18.2 Å². The summed E-state index contributed by atoms with van der Waals surface area (Å²) in [5.74, 6) is -0.764. The average molecular weight is 387 g/mol. The number of aromatic nitrogens is 2. The molecule has 3 rings (SSSR count). The standard InChI is InChI=1S/C17H18ClF3N4O/c1-24-7-5-12(6-8-24)23-16(26)14-10-22-25(15(14)17(19,20)21)13-4-2-3-11(18)9-13/h2-4,9-10,12H,5-8H2,1H3,(H,23,26). The van der Waals surface area contributed by atoms with Crippen LogP contribution in [0.3, 0.4) is 0 Å². The van der Waals surface area contributed by atoms with E-state index in [-0.39, 0.29) is 16.8 Å². The van der Waals surface area contributed by atoms with Crippen molar-refractivity contribution in [3.8, 4) is 5.69 Å². The van der Waals surface area contributed by atoms with Crippen LogP contribution in [-0.4, -0.2) is 46.8 Å². The fourth-order valence-electron chi connectivity index (χ4n) is 3.01. The summed E-state index contributed by atoms with van der Waals surface area (Å²) in [5, 5.41) is 6.77. The SMILES string of the molecule is CN1CCC(NC(=O)c2cnn(-c3cccc(Cl)c3)c2C(F)(F)F)CC1.